The van der Waals surface area contributed by atoms with E-state index in [-0.39, 0.29) is 42.8 Å². The first-order valence-electron chi connectivity index (χ1n) is 10.7. The van der Waals surface area contributed by atoms with Crippen molar-refractivity contribution in [2.24, 2.45) is 0 Å². The number of hydrogen-bond acceptors (Lipinski definition) is 6. The van der Waals surface area contributed by atoms with E-state index in [1.165, 1.54) is 28.9 Å². The summed E-state index contributed by atoms with van der Waals surface area (Å²) in [5.74, 6) is -1.01. The van der Waals surface area contributed by atoms with Gasteiger partial charge >= 0.3 is 0 Å². The molecular weight excluding hydrogens is 455 g/mol. The number of carbonyl (C=O) groups is 3. The number of ether oxygens (including phenoxy) is 1. The van der Waals surface area contributed by atoms with Crippen LogP contribution in [0.4, 0.5) is 10.1 Å². The molecule has 0 spiro atoms. The topological polar surface area (TPSA) is 127 Å². The van der Waals surface area contributed by atoms with Crippen molar-refractivity contribution in [3.05, 3.63) is 89.1 Å². The van der Waals surface area contributed by atoms with Gasteiger partial charge < -0.3 is 20.7 Å². The van der Waals surface area contributed by atoms with Gasteiger partial charge in [0.15, 0.2) is 12.3 Å². The number of nitrogens with one attached hydrogen (secondary N) is 3. The summed E-state index contributed by atoms with van der Waals surface area (Å²) in [6, 6.07) is 13.9. The molecule has 0 fully saturated rings. The van der Waals surface area contributed by atoms with E-state index in [1.54, 1.807) is 36.4 Å². The lowest BCUT2D eigenvalue weighted by atomic mass is 10.1. The fraction of sp³-hybridized carbons (Fsp3) is 0.125. The Labute approximate surface area is 198 Å². The lowest BCUT2D eigenvalue weighted by Crippen LogP contribution is -2.28. The largest absolute Gasteiger partial charge is 0.482 e. The Bertz CT molecular complexity index is 1450. The second kappa shape index (κ2) is 9.21. The molecule has 0 unspecified atom stereocenters. The number of fused-ring (bicyclic) bond motifs is 2. The zero-order valence-corrected chi connectivity index (χ0v) is 18.2. The summed E-state index contributed by atoms with van der Waals surface area (Å²) in [6.45, 7) is 0.302. The minimum atomic E-state index is -0.487. The quantitative estimate of drug-likeness (QED) is 0.393. The van der Waals surface area contributed by atoms with Crippen LogP contribution in [0.3, 0.4) is 0 Å². The molecule has 3 N–H and O–H groups in total. The highest BCUT2D eigenvalue weighted by Crippen LogP contribution is 2.28. The predicted molar refractivity (Wildman–Crippen MR) is 122 cm³/mol. The molecule has 1 aliphatic heterocycles. The van der Waals surface area contributed by atoms with Crippen LogP contribution in [-0.2, 0) is 17.9 Å². The van der Waals surface area contributed by atoms with Gasteiger partial charge in [0, 0.05) is 25.2 Å². The number of nitrogens with zero attached hydrogens (tertiary/aromatic N) is 3. The molecule has 11 heteroatoms. The highest BCUT2D eigenvalue weighted by Gasteiger charge is 2.19. The fourth-order valence-electron chi connectivity index (χ4n) is 3.58. The first kappa shape index (κ1) is 22.0. The van der Waals surface area contributed by atoms with Crippen molar-refractivity contribution >= 4 is 29.1 Å². The van der Waals surface area contributed by atoms with E-state index in [1.807, 2.05) is 0 Å². The van der Waals surface area contributed by atoms with Crippen molar-refractivity contribution in [2.75, 3.05) is 11.9 Å². The predicted octanol–water partition coefficient (Wildman–Crippen LogP) is 2.06. The molecule has 1 aliphatic rings. The van der Waals surface area contributed by atoms with Crippen molar-refractivity contribution in [3.63, 3.8) is 0 Å². The first-order valence-corrected chi connectivity index (χ1v) is 10.7. The molecule has 0 saturated carbocycles. The Morgan fingerprint density at radius 2 is 1.74 bits per heavy atom. The van der Waals surface area contributed by atoms with Crippen LogP contribution in [0.15, 0.2) is 60.8 Å². The zero-order chi connectivity index (χ0) is 24.4. The van der Waals surface area contributed by atoms with Crippen LogP contribution in [-0.4, -0.2) is 38.9 Å². The monoisotopic (exact) mass is 474 g/mol. The maximum Gasteiger partial charge on any atom is 0.270 e. The SMILES string of the molecule is O=C1COc2ccc(CNC(=O)c3cc(C(=O)NCc4ccc(F)cc4)n4nccc4n3)cc2N1. The molecule has 2 aromatic carbocycles. The Morgan fingerprint density at radius 3 is 2.57 bits per heavy atom. The summed E-state index contributed by atoms with van der Waals surface area (Å²) in [6.07, 6.45) is 1.48. The van der Waals surface area contributed by atoms with Gasteiger partial charge in [0.25, 0.3) is 17.7 Å². The van der Waals surface area contributed by atoms with E-state index in [0.29, 0.717) is 17.1 Å². The lowest BCUT2D eigenvalue weighted by molar-refractivity contribution is -0.118. The number of halogens is 1. The van der Waals surface area contributed by atoms with Crippen LogP contribution in [0.2, 0.25) is 0 Å². The molecule has 2 aromatic heterocycles. The van der Waals surface area contributed by atoms with Crippen molar-refractivity contribution < 1.29 is 23.5 Å². The van der Waals surface area contributed by atoms with E-state index in [4.69, 9.17) is 4.74 Å². The molecule has 176 valence electrons. The van der Waals surface area contributed by atoms with E-state index in [2.05, 4.69) is 26.0 Å². The van der Waals surface area contributed by atoms with Crippen LogP contribution in [0.5, 0.6) is 5.75 Å². The van der Waals surface area contributed by atoms with Crippen molar-refractivity contribution in [1.82, 2.24) is 25.2 Å². The van der Waals surface area contributed by atoms with Gasteiger partial charge in [-0.2, -0.15) is 5.10 Å². The Kier molecular flexibility index (Phi) is 5.80. The van der Waals surface area contributed by atoms with Gasteiger partial charge in [-0.15, -0.1) is 0 Å². The average molecular weight is 474 g/mol. The first-order chi connectivity index (χ1) is 17.0. The molecule has 5 rings (SSSR count). The van der Waals surface area contributed by atoms with E-state index in [9.17, 15) is 18.8 Å². The summed E-state index contributed by atoms with van der Waals surface area (Å²) in [4.78, 5) is 41.5. The Morgan fingerprint density at radius 1 is 1.00 bits per heavy atom. The second-order valence-corrected chi connectivity index (χ2v) is 7.79. The number of aromatic nitrogens is 3. The normalized spacial score (nSPS) is 12.4. The molecule has 0 saturated heterocycles. The number of anilines is 1. The fourth-order valence-corrected chi connectivity index (χ4v) is 3.58. The van der Waals surface area contributed by atoms with Crippen LogP contribution >= 0.6 is 0 Å². The molecule has 4 aromatic rings. The summed E-state index contributed by atoms with van der Waals surface area (Å²) >= 11 is 0. The molecule has 0 bridgehead atoms. The molecule has 10 nitrogen and oxygen atoms in total. The molecule has 0 radical (unpaired) electrons. The molecule has 3 heterocycles. The average Bonchev–Trinajstić information content (AvgIpc) is 3.34. The number of rotatable bonds is 6. The van der Waals surface area contributed by atoms with Gasteiger partial charge in [0.2, 0.25) is 0 Å². The van der Waals surface area contributed by atoms with E-state index >= 15 is 0 Å². The number of carbonyl (C=O) groups excluding carboxylic acids is 3. The number of amides is 3. The summed E-state index contributed by atoms with van der Waals surface area (Å²) in [5, 5.41) is 12.3. The molecular formula is C24H19FN6O4. The Hall–Kier alpha value is -4.80. The van der Waals surface area contributed by atoms with Crippen LogP contribution in [0.25, 0.3) is 5.65 Å². The van der Waals surface area contributed by atoms with Crippen LogP contribution in [0, 0.1) is 5.82 Å². The van der Waals surface area contributed by atoms with Crippen molar-refractivity contribution in [3.8, 4) is 5.75 Å². The minimum absolute atomic E-state index is 0.0361. The molecule has 0 aliphatic carbocycles. The zero-order valence-electron chi connectivity index (χ0n) is 18.2. The Balaban J connectivity index is 1.31. The molecule has 35 heavy (non-hydrogen) atoms. The third-order valence-corrected chi connectivity index (χ3v) is 5.32. The molecule has 0 atom stereocenters. The maximum atomic E-state index is 13.1. The maximum absolute atomic E-state index is 13.1. The third-order valence-electron chi connectivity index (χ3n) is 5.32. The van der Waals surface area contributed by atoms with E-state index in [0.717, 1.165) is 11.1 Å². The van der Waals surface area contributed by atoms with Crippen LogP contribution < -0.4 is 20.7 Å². The van der Waals surface area contributed by atoms with Gasteiger partial charge in [-0.3, -0.25) is 14.4 Å². The smallest absolute Gasteiger partial charge is 0.270 e. The molecule has 3 amide bonds. The van der Waals surface area contributed by atoms with Gasteiger partial charge in [-0.1, -0.05) is 18.2 Å². The number of hydrogen-bond donors (Lipinski definition) is 3. The van der Waals surface area contributed by atoms with Gasteiger partial charge in [-0.05, 0) is 35.4 Å². The van der Waals surface area contributed by atoms with Gasteiger partial charge in [0.1, 0.15) is 23.0 Å². The van der Waals surface area contributed by atoms with Gasteiger partial charge in [0.05, 0.1) is 11.9 Å². The highest BCUT2D eigenvalue weighted by molar-refractivity contribution is 5.98. The summed E-state index contributed by atoms with van der Waals surface area (Å²) < 4.78 is 19.8. The minimum Gasteiger partial charge on any atom is -0.482 e. The second-order valence-electron chi connectivity index (χ2n) is 7.79. The lowest BCUT2D eigenvalue weighted by Gasteiger charge is -2.18. The highest BCUT2D eigenvalue weighted by atomic mass is 19.1. The summed E-state index contributed by atoms with van der Waals surface area (Å²) in [7, 11) is 0. The third kappa shape index (κ3) is 4.78. The van der Waals surface area contributed by atoms with Crippen molar-refractivity contribution in [2.45, 2.75) is 13.1 Å². The van der Waals surface area contributed by atoms with Crippen molar-refractivity contribution in [1.29, 1.82) is 0 Å². The van der Waals surface area contributed by atoms with Gasteiger partial charge in [-0.25, -0.2) is 13.9 Å². The van der Waals surface area contributed by atoms with Crippen LogP contribution in [0.1, 0.15) is 32.1 Å². The standard InChI is InChI=1S/C24H19FN6O4/c25-16-4-1-14(2-5-16)11-27-24(34)19-10-18(29-21-7-8-28-31(19)21)23(33)26-12-15-3-6-20-17(9-15)30-22(32)13-35-20/h1-10H,11-13H2,(H,26,33)(H,27,34)(H,30,32). The summed E-state index contributed by atoms with van der Waals surface area (Å²) in [5.41, 5.74) is 2.49. The number of benzene rings is 2. The van der Waals surface area contributed by atoms with E-state index < -0.39 is 11.8 Å².